The van der Waals surface area contributed by atoms with Crippen molar-refractivity contribution in [2.24, 2.45) is 0 Å². The van der Waals surface area contributed by atoms with Crippen LogP contribution in [0.15, 0.2) is 30.3 Å². The van der Waals surface area contributed by atoms with E-state index in [0.717, 1.165) is 0 Å². The summed E-state index contributed by atoms with van der Waals surface area (Å²) in [6.07, 6.45) is 0. The number of methoxy groups -OCH3 is 1. The predicted molar refractivity (Wildman–Crippen MR) is 78.9 cm³/mol. The molecule has 2 amide bonds. The molecule has 116 valence electrons. The van der Waals surface area contributed by atoms with Crippen LogP contribution >= 0.6 is 0 Å². The zero-order valence-electron chi connectivity index (χ0n) is 12.4. The molecule has 0 saturated heterocycles. The first-order chi connectivity index (χ1) is 10.1. The molecule has 0 aromatic heterocycles. The van der Waals surface area contributed by atoms with Gasteiger partial charge < -0.3 is 20.1 Å². The summed E-state index contributed by atoms with van der Waals surface area (Å²) < 4.78 is 4.94. The number of hydrogen-bond acceptors (Lipinski definition) is 4. The lowest BCUT2D eigenvalue weighted by molar-refractivity contribution is -0.134. The third-order valence-corrected chi connectivity index (χ3v) is 3.00. The molecule has 0 aliphatic heterocycles. The van der Waals surface area contributed by atoms with Gasteiger partial charge in [0.2, 0.25) is 5.91 Å². The Balaban J connectivity index is 2.61. The van der Waals surface area contributed by atoms with E-state index in [2.05, 4.69) is 5.32 Å². The fourth-order valence-corrected chi connectivity index (χ4v) is 1.86. The highest BCUT2D eigenvalue weighted by molar-refractivity contribution is 5.97. The second-order valence-electron chi connectivity index (χ2n) is 4.60. The first-order valence-electron chi connectivity index (χ1n) is 6.84. The van der Waals surface area contributed by atoms with E-state index in [9.17, 15) is 9.59 Å². The third-order valence-electron chi connectivity index (χ3n) is 3.00. The Morgan fingerprint density at radius 2 is 1.95 bits per heavy atom. The Hall–Kier alpha value is -1.92. The summed E-state index contributed by atoms with van der Waals surface area (Å²) in [7, 11) is 1.54. The molecular weight excluding hydrogens is 272 g/mol. The number of carbonyl (C=O) groups is 2. The van der Waals surface area contributed by atoms with Crippen molar-refractivity contribution in [3.8, 4) is 0 Å². The van der Waals surface area contributed by atoms with Gasteiger partial charge in [-0.25, -0.2) is 0 Å². The van der Waals surface area contributed by atoms with Gasteiger partial charge in [-0.2, -0.15) is 0 Å². The standard InChI is InChI=1S/C15H22N2O4/c1-12(15(20)17(8-10-18)9-11-21-2)16-14(19)13-6-4-3-5-7-13/h3-7,12,18H,8-11H2,1-2H3,(H,16,19). The van der Waals surface area contributed by atoms with Gasteiger partial charge in [-0.15, -0.1) is 0 Å². The Labute approximate surface area is 124 Å². The van der Waals surface area contributed by atoms with Gasteiger partial charge in [-0.05, 0) is 19.1 Å². The van der Waals surface area contributed by atoms with E-state index in [1.807, 2.05) is 6.07 Å². The highest BCUT2D eigenvalue weighted by Gasteiger charge is 2.21. The molecule has 0 spiro atoms. The van der Waals surface area contributed by atoms with Gasteiger partial charge in [0.25, 0.3) is 5.91 Å². The Bertz CT molecular complexity index is 450. The van der Waals surface area contributed by atoms with Crippen LogP contribution in [-0.2, 0) is 9.53 Å². The number of ether oxygens (including phenoxy) is 1. The van der Waals surface area contributed by atoms with Crippen molar-refractivity contribution >= 4 is 11.8 Å². The van der Waals surface area contributed by atoms with E-state index in [0.29, 0.717) is 18.7 Å². The lowest BCUT2D eigenvalue weighted by Crippen LogP contribution is -2.48. The second-order valence-corrected chi connectivity index (χ2v) is 4.60. The maximum Gasteiger partial charge on any atom is 0.251 e. The number of hydrogen-bond donors (Lipinski definition) is 2. The van der Waals surface area contributed by atoms with E-state index in [4.69, 9.17) is 9.84 Å². The van der Waals surface area contributed by atoms with Gasteiger partial charge in [0.1, 0.15) is 6.04 Å². The van der Waals surface area contributed by atoms with E-state index >= 15 is 0 Å². The number of rotatable bonds is 8. The van der Waals surface area contributed by atoms with Crippen LogP contribution in [0.5, 0.6) is 0 Å². The first-order valence-corrected chi connectivity index (χ1v) is 6.84. The zero-order valence-corrected chi connectivity index (χ0v) is 12.4. The van der Waals surface area contributed by atoms with Gasteiger partial charge in [-0.1, -0.05) is 18.2 Å². The van der Waals surface area contributed by atoms with Crippen molar-refractivity contribution < 1.29 is 19.4 Å². The van der Waals surface area contributed by atoms with Crippen molar-refractivity contribution in [2.75, 3.05) is 33.4 Å². The molecule has 0 aliphatic rings. The number of aliphatic hydroxyl groups excluding tert-OH is 1. The zero-order chi connectivity index (χ0) is 15.7. The summed E-state index contributed by atoms with van der Waals surface area (Å²) in [5.74, 6) is -0.544. The number of amides is 2. The lowest BCUT2D eigenvalue weighted by atomic mass is 10.2. The summed E-state index contributed by atoms with van der Waals surface area (Å²) in [6, 6.07) is 8.04. The number of carbonyl (C=O) groups excluding carboxylic acids is 2. The number of nitrogens with one attached hydrogen (secondary N) is 1. The summed E-state index contributed by atoms with van der Waals surface area (Å²) in [4.78, 5) is 25.7. The van der Waals surface area contributed by atoms with Crippen LogP contribution in [0.25, 0.3) is 0 Å². The molecule has 21 heavy (non-hydrogen) atoms. The van der Waals surface area contributed by atoms with E-state index in [1.165, 1.54) is 4.90 Å². The smallest absolute Gasteiger partial charge is 0.251 e. The average molecular weight is 294 g/mol. The van der Waals surface area contributed by atoms with Crippen molar-refractivity contribution in [3.05, 3.63) is 35.9 Å². The van der Waals surface area contributed by atoms with Crippen molar-refractivity contribution in [2.45, 2.75) is 13.0 Å². The highest BCUT2D eigenvalue weighted by Crippen LogP contribution is 2.01. The van der Waals surface area contributed by atoms with E-state index in [1.54, 1.807) is 38.3 Å². The molecular formula is C15H22N2O4. The number of aliphatic hydroxyl groups is 1. The summed E-state index contributed by atoms with van der Waals surface area (Å²) >= 11 is 0. The number of nitrogens with zero attached hydrogens (tertiary/aromatic N) is 1. The van der Waals surface area contributed by atoms with Crippen LogP contribution in [0.3, 0.4) is 0 Å². The van der Waals surface area contributed by atoms with Crippen molar-refractivity contribution in [3.63, 3.8) is 0 Å². The first kappa shape index (κ1) is 17.1. The van der Waals surface area contributed by atoms with Gasteiger partial charge in [0.05, 0.1) is 13.2 Å². The highest BCUT2D eigenvalue weighted by atomic mass is 16.5. The summed E-state index contributed by atoms with van der Waals surface area (Å²) in [6.45, 7) is 2.47. The monoisotopic (exact) mass is 294 g/mol. The predicted octanol–water partition coefficient (Wildman–Crippen LogP) is 0.272. The van der Waals surface area contributed by atoms with Gasteiger partial charge in [0.15, 0.2) is 0 Å². The van der Waals surface area contributed by atoms with Crippen LogP contribution in [0.1, 0.15) is 17.3 Å². The largest absolute Gasteiger partial charge is 0.395 e. The van der Waals surface area contributed by atoms with E-state index < -0.39 is 6.04 Å². The molecule has 6 nitrogen and oxygen atoms in total. The van der Waals surface area contributed by atoms with Crippen LogP contribution < -0.4 is 5.32 Å². The maximum atomic E-state index is 12.3. The molecule has 1 aromatic rings. The summed E-state index contributed by atoms with van der Waals surface area (Å²) in [5, 5.41) is 11.7. The molecule has 0 aliphatic carbocycles. The molecule has 0 bridgehead atoms. The van der Waals surface area contributed by atoms with Crippen LogP contribution in [0.2, 0.25) is 0 Å². The molecule has 1 atom stereocenters. The lowest BCUT2D eigenvalue weighted by Gasteiger charge is -2.25. The fraction of sp³-hybridized carbons (Fsp3) is 0.467. The molecule has 0 saturated carbocycles. The molecule has 1 rings (SSSR count). The normalized spacial score (nSPS) is 11.8. The average Bonchev–Trinajstić information content (AvgIpc) is 2.51. The molecule has 0 fully saturated rings. The Kier molecular flexibility index (Phi) is 7.42. The van der Waals surface area contributed by atoms with Crippen LogP contribution in [-0.4, -0.2) is 61.3 Å². The fourth-order valence-electron chi connectivity index (χ4n) is 1.86. The minimum absolute atomic E-state index is 0.130. The van der Waals surface area contributed by atoms with Gasteiger partial charge in [0, 0.05) is 25.8 Å². The van der Waals surface area contributed by atoms with Gasteiger partial charge >= 0.3 is 0 Å². The topological polar surface area (TPSA) is 78.9 Å². The number of benzene rings is 1. The molecule has 1 unspecified atom stereocenters. The molecule has 0 heterocycles. The van der Waals surface area contributed by atoms with Crippen molar-refractivity contribution in [1.29, 1.82) is 0 Å². The second kappa shape index (κ2) is 9.10. The minimum atomic E-state index is -0.666. The quantitative estimate of drug-likeness (QED) is 0.721. The molecule has 1 aromatic carbocycles. The third kappa shape index (κ3) is 5.53. The van der Waals surface area contributed by atoms with E-state index in [-0.39, 0.29) is 25.0 Å². The molecule has 0 radical (unpaired) electrons. The SMILES string of the molecule is COCCN(CCO)C(=O)C(C)NC(=O)c1ccccc1. The van der Waals surface area contributed by atoms with Crippen LogP contribution in [0.4, 0.5) is 0 Å². The van der Waals surface area contributed by atoms with Crippen LogP contribution in [0, 0.1) is 0 Å². The maximum absolute atomic E-state index is 12.3. The Morgan fingerprint density at radius 1 is 1.29 bits per heavy atom. The molecule has 6 heteroatoms. The molecule has 2 N–H and O–H groups in total. The Morgan fingerprint density at radius 3 is 2.52 bits per heavy atom. The van der Waals surface area contributed by atoms with Gasteiger partial charge in [-0.3, -0.25) is 9.59 Å². The van der Waals surface area contributed by atoms with Crippen molar-refractivity contribution in [1.82, 2.24) is 10.2 Å². The summed E-state index contributed by atoms with van der Waals surface area (Å²) in [5.41, 5.74) is 0.503. The minimum Gasteiger partial charge on any atom is -0.395 e.